The van der Waals surface area contributed by atoms with Gasteiger partial charge in [-0.05, 0) is 138 Å². The second-order valence-corrected chi connectivity index (χ2v) is 19.8. The molecule has 0 heterocycles. The van der Waals surface area contributed by atoms with Crippen LogP contribution in [0.25, 0.3) is 44.2 Å². The van der Waals surface area contributed by atoms with Crippen molar-refractivity contribution in [2.24, 2.45) is 0 Å². The van der Waals surface area contributed by atoms with Crippen molar-refractivity contribution in [2.45, 2.75) is 10.8 Å². The molecule has 0 bridgehead atoms. The van der Waals surface area contributed by atoms with E-state index in [1.807, 2.05) is 0 Å². The van der Waals surface area contributed by atoms with Gasteiger partial charge >= 0.3 is 0 Å². The van der Waals surface area contributed by atoms with Gasteiger partial charge in [0.2, 0.25) is 0 Å². The van der Waals surface area contributed by atoms with Crippen LogP contribution in [0.1, 0.15) is 44.5 Å². The van der Waals surface area contributed by atoms with Crippen LogP contribution in [-0.2, 0) is 10.8 Å². The van der Waals surface area contributed by atoms with Gasteiger partial charge in [0, 0.05) is 33.7 Å². The summed E-state index contributed by atoms with van der Waals surface area (Å²) in [5.41, 5.74) is 23.5. The van der Waals surface area contributed by atoms with E-state index in [0.717, 1.165) is 34.1 Å². The summed E-state index contributed by atoms with van der Waals surface area (Å²) in [6, 6.07) is 108. The van der Waals surface area contributed by atoms with Gasteiger partial charge in [-0.2, -0.15) is 0 Å². The Bertz CT molecular complexity index is 4050. The van der Waals surface area contributed by atoms with Crippen molar-refractivity contribution in [3.63, 3.8) is 0 Å². The largest absolute Gasteiger partial charge is 0.310 e. The highest BCUT2D eigenvalue weighted by molar-refractivity contribution is 6.12. The molecule has 0 fully saturated rings. The molecule has 15 rings (SSSR count). The molecule has 2 nitrogen and oxygen atoms in total. The van der Waals surface area contributed by atoms with Gasteiger partial charge in [-0.15, -0.1) is 0 Å². The van der Waals surface area contributed by atoms with Crippen LogP contribution >= 0.6 is 0 Å². The van der Waals surface area contributed by atoms with Crippen LogP contribution in [0.2, 0.25) is 0 Å². The monoisotopic (exact) mass is 940 g/mol. The van der Waals surface area contributed by atoms with Crippen molar-refractivity contribution < 1.29 is 0 Å². The first kappa shape index (κ1) is 42.2. The van der Waals surface area contributed by atoms with Gasteiger partial charge in [-0.1, -0.05) is 231 Å². The van der Waals surface area contributed by atoms with Crippen LogP contribution in [-0.4, -0.2) is 0 Å². The fourth-order valence-electron chi connectivity index (χ4n) is 13.5. The normalized spacial score (nSPS) is 14.9. The second-order valence-electron chi connectivity index (χ2n) is 19.8. The van der Waals surface area contributed by atoms with Crippen LogP contribution in [0.3, 0.4) is 0 Å². The fourth-order valence-corrected chi connectivity index (χ4v) is 13.5. The Morgan fingerprint density at radius 1 is 0.216 bits per heavy atom. The number of rotatable bonds is 8. The topological polar surface area (TPSA) is 6.48 Å². The maximum absolute atomic E-state index is 2.53. The average molecular weight is 941 g/mol. The van der Waals surface area contributed by atoms with Crippen LogP contribution < -0.4 is 9.80 Å². The van der Waals surface area contributed by atoms with E-state index in [9.17, 15) is 0 Å². The van der Waals surface area contributed by atoms with E-state index in [1.165, 1.54) is 88.7 Å². The van der Waals surface area contributed by atoms with E-state index >= 15 is 0 Å². The molecule has 12 aromatic carbocycles. The summed E-state index contributed by atoms with van der Waals surface area (Å²) >= 11 is 0. The van der Waals surface area contributed by atoms with Crippen molar-refractivity contribution in [1.29, 1.82) is 0 Å². The zero-order valence-electron chi connectivity index (χ0n) is 40.6. The first-order valence-corrected chi connectivity index (χ1v) is 25.8. The Morgan fingerprint density at radius 3 is 1.22 bits per heavy atom. The predicted molar refractivity (Wildman–Crippen MR) is 307 cm³/mol. The smallest absolute Gasteiger partial charge is 0.0726 e. The van der Waals surface area contributed by atoms with Gasteiger partial charge in [0.1, 0.15) is 0 Å². The second kappa shape index (κ2) is 16.5. The van der Waals surface area contributed by atoms with Crippen molar-refractivity contribution in [1.82, 2.24) is 0 Å². The molecule has 0 N–H and O–H groups in total. The van der Waals surface area contributed by atoms with E-state index in [4.69, 9.17) is 0 Å². The zero-order chi connectivity index (χ0) is 48.8. The molecule has 3 aliphatic carbocycles. The molecule has 0 saturated heterocycles. The molecule has 2 heteroatoms. The fraction of sp³-hybridized carbons (Fsp3) is 0.0278. The molecule has 1 unspecified atom stereocenters. The van der Waals surface area contributed by atoms with Crippen molar-refractivity contribution >= 4 is 44.9 Å². The Balaban J connectivity index is 0.995. The highest BCUT2D eigenvalue weighted by Crippen LogP contribution is 2.66. The lowest BCUT2D eigenvalue weighted by atomic mass is 9.68. The Labute approximate surface area is 432 Å². The lowest BCUT2D eigenvalue weighted by Crippen LogP contribution is -2.28. The third-order valence-electron chi connectivity index (χ3n) is 16.3. The molecular weight excluding hydrogens is 893 g/mol. The van der Waals surface area contributed by atoms with E-state index in [2.05, 4.69) is 301 Å². The number of hydrogen-bond donors (Lipinski definition) is 0. The third-order valence-corrected chi connectivity index (χ3v) is 16.3. The minimum absolute atomic E-state index is 0.529. The molecule has 74 heavy (non-hydrogen) atoms. The minimum Gasteiger partial charge on any atom is -0.310 e. The number of para-hydroxylation sites is 3. The van der Waals surface area contributed by atoms with E-state index in [0.29, 0.717) is 0 Å². The Morgan fingerprint density at radius 2 is 0.635 bits per heavy atom. The molecular formula is C72H48N2. The summed E-state index contributed by atoms with van der Waals surface area (Å²) in [5.74, 6) is 0. The summed E-state index contributed by atoms with van der Waals surface area (Å²) in [6.45, 7) is 0. The highest BCUT2D eigenvalue weighted by Gasteiger charge is 2.53. The number of anilines is 6. The van der Waals surface area contributed by atoms with Crippen molar-refractivity contribution in [3.05, 3.63) is 336 Å². The van der Waals surface area contributed by atoms with E-state index < -0.39 is 10.8 Å². The Hall–Kier alpha value is -9.50. The SMILES string of the molecule is c1ccc(N(c2ccc3c(c2)-c2ccccc2C32c3ccccc3-c3c2cc(N(c2ccccc2)c2ccccc2)c2ccccc32)c2cccc3c2-c2ccccc2C3(c2ccccc2)c2ccccc2)cc1. The number of fused-ring (bicyclic) bond motifs is 15. The molecule has 3 aliphatic rings. The van der Waals surface area contributed by atoms with Crippen LogP contribution in [0.4, 0.5) is 34.1 Å². The quantitative estimate of drug-likeness (QED) is 0.150. The molecule has 0 aliphatic heterocycles. The number of hydrogen-bond acceptors (Lipinski definition) is 2. The number of nitrogens with zero attached hydrogens (tertiary/aromatic N) is 2. The minimum atomic E-state index is -0.594. The van der Waals surface area contributed by atoms with Gasteiger partial charge < -0.3 is 9.80 Å². The average Bonchev–Trinajstić information content (AvgIpc) is 4.08. The summed E-state index contributed by atoms with van der Waals surface area (Å²) in [5, 5.41) is 2.46. The summed E-state index contributed by atoms with van der Waals surface area (Å²) in [6.07, 6.45) is 0. The lowest BCUT2D eigenvalue weighted by Gasteiger charge is -2.34. The number of benzene rings is 12. The van der Waals surface area contributed by atoms with Gasteiger partial charge in [-0.3, -0.25) is 0 Å². The van der Waals surface area contributed by atoms with Gasteiger partial charge in [0.05, 0.1) is 22.2 Å². The molecule has 1 atom stereocenters. The summed E-state index contributed by atoms with van der Waals surface area (Å²) in [4.78, 5) is 4.96. The van der Waals surface area contributed by atoms with Gasteiger partial charge in [0.25, 0.3) is 0 Å². The van der Waals surface area contributed by atoms with Crippen LogP contribution in [0.15, 0.2) is 291 Å². The van der Waals surface area contributed by atoms with Crippen LogP contribution in [0.5, 0.6) is 0 Å². The molecule has 346 valence electrons. The van der Waals surface area contributed by atoms with Crippen LogP contribution in [0, 0.1) is 0 Å². The molecule has 0 amide bonds. The molecule has 1 spiro atoms. The zero-order valence-corrected chi connectivity index (χ0v) is 40.6. The van der Waals surface area contributed by atoms with Gasteiger partial charge in [0.15, 0.2) is 0 Å². The standard InChI is InChI=1S/C72H48N2/c1-6-25-49(26-7-1)71(50-27-8-2-9-28-50)62-41-22-20-39-59(62)70-65(71)43-24-44-67(70)74(53-33-14-5-15-34-53)54-45-46-64-60(47-54)55-35-18-21-40-61(55)72(64)63-42-23-19-38-58(63)69-57-37-17-16-36-56(57)68(48-66(69)72)73(51-29-10-3-11-30-51)52-31-12-4-13-32-52/h1-48H. The van der Waals surface area contributed by atoms with Gasteiger partial charge in [-0.25, -0.2) is 0 Å². The molecule has 0 radical (unpaired) electrons. The van der Waals surface area contributed by atoms with E-state index in [1.54, 1.807) is 0 Å². The summed E-state index contributed by atoms with van der Waals surface area (Å²) in [7, 11) is 0. The molecule has 12 aromatic rings. The molecule has 0 aromatic heterocycles. The maximum atomic E-state index is 2.53. The van der Waals surface area contributed by atoms with E-state index in [-0.39, 0.29) is 0 Å². The first-order chi connectivity index (χ1) is 36.8. The third kappa shape index (κ3) is 5.82. The van der Waals surface area contributed by atoms with Crippen molar-refractivity contribution in [3.8, 4) is 33.4 Å². The Kier molecular flexibility index (Phi) is 9.43. The predicted octanol–water partition coefficient (Wildman–Crippen LogP) is 18.5. The highest BCUT2D eigenvalue weighted by atomic mass is 15.2. The first-order valence-electron chi connectivity index (χ1n) is 25.8. The summed E-state index contributed by atoms with van der Waals surface area (Å²) < 4.78 is 0. The maximum Gasteiger partial charge on any atom is 0.0726 e. The lowest BCUT2D eigenvalue weighted by molar-refractivity contribution is 0.768. The van der Waals surface area contributed by atoms with Crippen molar-refractivity contribution in [2.75, 3.05) is 9.80 Å². The molecule has 0 saturated carbocycles.